The van der Waals surface area contributed by atoms with E-state index in [2.05, 4.69) is 23.8 Å². The van der Waals surface area contributed by atoms with E-state index in [4.69, 9.17) is 5.11 Å². The number of aliphatic carboxylic acids is 1. The van der Waals surface area contributed by atoms with Crippen molar-refractivity contribution in [3.8, 4) is 0 Å². The predicted molar refractivity (Wildman–Crippen MR) is 58.4 cm³/mol. The van der Waals surface area contributed by atoms with Gasteiger partial charge in [0.05, 0.1) is 12.1 Å². The number of nitrogens with zero attached hydrogens (tertiary/aromatic N) is 3. The van der Waals surface area contributed by atoms with Crippen LogP contribution in [0.15, 0.2) is 18.6 Å². The number of carboxylic acid groups (broad SMARTS) is 1. The number of hydrogen-bond acceptors (Lipinski definition) is 3. The summed E-state index contributed by atoms with van der Waals surface area (Å²) in [4.78, 5) is 18.9. The van der Waals surface area contributed by atoms with Gasteiger partial charge in [0.1, 0.15) is 0 Å². The topological polar surface area (TPSA) is 67.5 Å². The Balaban J connectivity index is 2.41. The van der Waals surface area contributed by atoms with Crippen LogP contribution in [0.2, 0.25) is 0 Å². The second-order valence-corrected chi connectivity index (χ2v) is 4.05. The Morgan fingerprint density at radius 2 is 2.25 bits per heavy atom. The molecule has 0 unspecified atom stereocenters. The summed E-state index contributed by atoms with van der Waals surface area (Å²) in [7, 11) is 0. The molecule has 2 heterocycles. The van der Waals surface area contributed by atoms with Gasteiger partial charge in [-0.15, -0.1) is 0 Å². The second kappa shape index (κ2) is 3.92. The van der Waals surface area contributed by atoms with Gasteiger partial charge in [-0.25, -0.2) is 9.97 Å². The van der Waals surface area contributed by atoms with Crippen molar-refractivity contribution in [2.45, 2.75) is 26.2 Å². The van der Waals surface area contributed by atoms with Crippen molar-refractivity contribution in [2.75, 3.05) is 0 Å². The number of hydrogen-bond donors (Lipinski definition) is 1. The maximum absolute atomic E-state index is 10.6. The lowest BCUT2D eigenvalue weighted by Gasteiger charge is -2.03. The number of imidazole rings is 1. The van der Waals surface area contributed by atoms with Gasteiger partial charge < -0.3 is 5.11 Å². The van der Waals surface area contributed by atoms with Crippen LogP contribution in [-0.2, 0) is 11.2 Å². The van der Waals surface area contributed by atoms with E-state index in [0.29, 0.717) is 17.4 Å². The van der Waals surface area contributed by atoms with Crippen LogP contribution in [0.5, 0.6) is 0 Å². The van der Waals surface area contributed by atoms with Crippen LogP contribution in [0.25, 0.3) is 5.78 Å². The molecule has 0 atom stereocenters. The van der Waals surface area contributed by atoms with E-state index in [9.17, 15) is 4.79 Å². The molecule has 0 fully saturated rings. The molecular weight excluding hydrogens is 206 g/mol. The van der Waals surface area contributed by atoms with Gasteiger partial charge in [-0.1, -0.05) is 13.8 Å². The van der Waals surface area contributed by atoms with Gasteiger partial charge in [0.2, 0.25) is 5.78 Å². The Kier molecular flexibility index (Phi) is 2.60. The Bertz CT molecular complexity index is 531. The Morgan fingerprint density at radius 1 is 1.50 bits per heavy atom. The molecule has 0 aliphatic rings. The summed E-state index contributed by atoms with van der Waals surface area (Å²) in [6.45, 7) is 4.16. The molecule has 0 bridgehead atoms. The maximum atomic E-state index is 10.6. The molecule has 0 aliphatic carbocycles. The SMILES string of the molecule is CC(C)c1cnc2nc(CC(=O)O)cn2c1. The maximum Gasteiger partial charge on any atom is 0.309 e. The molecule has 1 N–H and O–H groups in total. The summed E-state index contributed by atoms with van der Waals surface area (Å²) in [5.74, 6) is 0.0513. The lowest BCUT2D eigenvalue weighted by atomic mass is 10.1. The van der Waals surface area contributed by atoms with Gasteiger partial charge in [-0.05, 0) is 11.5 Å². The van der Waals surface area contributed by atoms with Crippen LogP contribution in [0.4, 0.5) is 0 Å². The first-order valence-corrected chi connectivity index (χ1v) is 5.11. The highest BCUT2D eigenvalue weighted by Gasteiger charge is 2.08. The van der Waals surface area contributed by atoms with E-state index in [-0.39, 0.29) is 6.42 Å². The van der Waals surface area contributed by atoms with Crippen molar-refractivity contribution < 1.29 is 9.90 Å². The zero-order valence-electron chi connectivity index (χ0n) is 9.21. The van der Waals surface area contributed by atoms with Crippen molar-refractivity contribution in [1.82, 2.24) is 14.4 Å². The molecule has 0 amide bonds. The molecule has 84 valence electrons. The van der Waals surface area contributed by atoms with Crippen molar-refractivity contribution in [3.05, 3.63) is 29.8 Å². The van der Waals surface area contributed by atoms with E-state index in [0.717, 1.165) is 5.56 Å². The number of rotatable bonds is 3. The van der Waals surface area contributed by atoms with E-state index in [1.165, 1.54) is 0 Å². The standard InChI is InChI=1S/C11H13N3O2/c1-7(2)8-4-12-11-13-9(3-10(15)16)6-14(11)5-8/h4-7H,3H2,1-2H3,(H,15,16). The van der Waals surface area contributed by atoms with Gasteiger partial charge in [-0.2, -0.15) is 0 Å². The van der Waals surface area contributed by atoms with Crippen molar-refractivity contribution in [3.63, 3.8) is 0 Å². The van der Waals surface area contributed by atoms with E-state index >= 15 is 0 Å². The van der Waals surface area contributed by atoms with Crippen molar-refractivity contribution >= 4 is 11.7 Å². The Hall–Kier alpha value is -1.91. The lowest BCUT2D eigenvalue weighted by Crippen LogP contribution is -1.99. The summed E-state index contributed by atoms with van der Waals surface area (Å²) in [6, 6.07) is 0. The summed E-state index contributed by atoms with van der Waals surface area (Å²) in [6.07, 6.45) is 5.35. The van der Waals surface area contributed by atoms with Crippen LogP contribution in [0.1, 0.15) is 31.0 Å². The predicted octanol–water partition coefficient (Wildman–Crippen LogP) is 1.48. The number of aromatic nitrogens is 3. The fourth-order valence-electron chi connectivity index (χ4n) is 1.49. The molecule has 0 radical (unpaired) electrons. The molecule has 0 saturated carbocycles. The van der Waals surface area contributed by atoms with E-state index in [1.54, 1.807) is 16.8 Å². The molecule has 0 aliphatic heterocycles. The molecular formula is C11H13N3O2. The number of carbonyl (C=O) groups is 1. The van der Waals surface area contributed by atoms with Crippen LogP contribution in [-0.4, -0.2) is 25.4 Å². The van der Waals surface area contributed by atoms with Gasteiger partial charge in [0, 0.05) is 18.6 Å². The molecule has 5 nitrogen and oxygen atoms in total. The molecule has 0 saturated heterocycles. The zero-order chi connectivity index (χ0) is 11.7. The van der Waals surface area contributed by atoms with Crippen LogP contribution < -0.4 is 0 Å². The first kappa shape index (κ1) is 10.6. The van der Waals surface area contributed by atoms with Gasteiger partial charge in [0.15, 0.2) is 0 Å². The summed E-state index contributed by atoms with van der Waals surface area (Å²) >= 11 is 0. The molecule has 2 aromatic rings. The minimum atomic E-state index is -0.882. The molecule has 0 spiro atoms. The summed E-state index contributed by atoms with van der Waals surface area (Å²) in [5, 5.41) is 8.67. The second-order valence-electron chi connectivity index (χ2n) is 4.05. The quantitative estimate of drug-likeness (QED) is 0.849. The summed E-state index contributed by atoms with van der Waals surface area (Å²) in [5.41, 5.74) is 1.63. The number of carboxylic acids is 1. The van der Waals surface area contributed by atoms with Gasteiger partial charge in [0.25, 0.3) is 0 Å². The highest BCUT2D eigenvalue weighted by Crippen LogP contribution is 2.13. The van der Waals surface area contributed by atoms with E-state index in [1.807, 2.05) is 6.20 Å². The number of fused-ring (bicyclic) bond motifs is 1. The largest absolute Gasteiger partial charge is 0.481 e. The highest BCUT2D eigenvalue weighted by molar-refractivity contribution is 5.69. The van der Waals surface area contributed by atoms with Crippen LogP contribution in [0, 0.1) is 0 Å². The van der Waals surface area contributed by atoms with E-state index < -0.39 is 5.97 Å². The molecule has 0 aromatic carbocycles. The third kappa shape index (κ3) is 2.03. The minimum Gasteiger partial charge on any atom is -0.481 e. The fourth-order valence-corrected chi connectivity index (χ4v) is 1.49. The molecule has 5 heteroatoms. The monoisotopic (exact) mass is 219 g/mol. The highest BCUT2D eigenvalue weighted by atomic mass is 16.4. The first-order valence-electron chi connectivity index (χ1n) is 5.11. The van der Waals surface area contributed by atoms with Crippen molar-refractivity contribution in [2.24, 2.45) is 0 Å². The van der Waals surface area contributed by atoms with Crippen LogP contribution in [0.3, 0.4) is 0 Å². The normalized spacial score (nSPS) is 11.2. The third-order valence-corrected chi connectivity index (χ3v) is 2.38. The van der Waals surface area contributed by atoms with Crippen molar-refractivity contribution in [1.29, 1.82) is 0 Å². The average Bonchev–Trinajstić information content (AvgIpc) is 2.56. The average molecular weight is 219 g/mol. The zero-order valence-corrected chi connectivity index (χ0v) is 9.21. The minimum absolute atomic E-state index is 0.0691. The Labute approximate surface area is 92.8 Å². The third-order valence-electron chi connectivity index (χ3n) is 2.38. The summed E-state index contributed by atoms with van der Waals surface area (Å²) < 4.78 is 1.77. The smallest absolute Gasteiger partial charge is 0.309 e. The van der Waals surface area contributed by atoms with Crippen LogP contribution >= 0.6 is 0 Å². The molecule has 2 rings (SSSR count). The molecule has 2 aromatic heterocycles. The van der Waals surface area contributed by atoms with Gasteiger partial charge >= 0.3 is 5.97 Å². The molecule has 16 heavy (non-hydrogen) atoms. The fraction of sp³-hybridized carbons (Fsp3) is 0.364. The van der Waals surface area contributed by atoms with Gasteiger partial charge in [-0.3, -0.25) is 9.20 Å². The Morgan fingerprint density at radius 3 is 2.88 bits per heavy atom. The lowest BCUT2D eigenvalue weighted by molar-refractivity contribution is -0.136. The first-order chi connectivity index (χ1) is 7.56.